The number of hydrogen-bond acceptors (Lipinski definition) is 7. The van der Waals surface area contributed by atoms with E-state index >= 15 is 0 Å². The average Bonchev–Trinajstić information content (AvgIpc) is 3.18. The van der Waals surface area contributed by atoms with Gasteiger partial charge in [0.25, 0.3) is 11.8 Å². The van der Waals surface area contributed by atoms with Gasteiger partial charge in [-0.05, 0) is 48.6 Å². The van der Waals surface area contributed by atoms with Crippen molar-refractivity contribution in [2.45, 2.75) is 0 Å². The fourth-order valence-electron chi connectivity index (χ4n) is 3.03. The largest absolute Gasteiger partial charge is 0.496 e. The predicted octanol–water partition coefficient (Wildman–Crippen LogP) is 1.95. The Kier molecular flexibility index (Phi) is 4.84. The van der Waals surface area contributed by atoms with Gasteiger partial charge in [0, 0.05) is 11.6 Å². The summed E-state index contributed by atoms with van der Waals surface area (Å²) in [4.78, 5) is 37.8. The Morgan fingerprint density at radius 2 is 1.87 bits per heavy atom. The van der Waals surface area contributed by atoms with Crippen LogP contribution in [0.5, 0.6) is 17.2 Å². The van der Waals surface area contributed by atoms with Crippen LogP contribution in [0.15, 0.2) is 42.0 Å². The lowest BCUT2D eigenvalue weighted by Gasteiger charge is -2.29. The summed E-state index contributed by atoms with van der Waals surface area (Å²) in [6, 6.07) is 8.76. The number of rotatable bonds is 4. The molecule has 0 aromatic heterocycles. The summed E-state index contributed by atoms with van der Waals surface area (Å²) in [5.74, 6) is -1.08. The number of benzene rings is 2. The van der Waals surface area contributed by atoms with E-state index in [-0.39, 0.29) is 23.0 Å². The van der Waals surface area contributed by atoms with Crippen molar-refractivity contribution in [3.05, 3.63) is 53.1 Å². The molecule has 2 aliphatic rings. The third-order valence-corrected chi connectivity index (χ3v) is 4.78. The highest BCUT2D eigenvalue weighted by Crippen LogP contribution is 2.39. The monoisotopic (exact) mass is 426 g/mol. The Labute approximate surface area is 175 Å². The molecule has 2 aliphatic heterocycles. The van der Waals surface area contributed by atoms with Crippen molar-refractivity contribution in [2.75, 3.05) is 18.8 Å². The van der Waals surface area contributed by atoms with Gasteiger partial charge in [-0.15, -0.1) is 0 Å². The van der Waals surface area contributed by atoms with Gasteiger partial charge >= 0.3 is 5.97 Å². The molecule has 30 heavy (non-hydrogen) atoms. The molecule has 2 aromatic carbocycles. The molecule has 10 heteroatoms. The molecule has 2 aromatic rings. The highest BCUT2D eigenvalue weighted by molar-refractivity contribution is 7.80. The van der Waals surface area contributed by atoms with Crippen LogP contribution in [0.3, 0.4) is 0 Å². The molecule has 0 radical (unpaired) electrons. The van der Waals surface area contributed by atoms with Crippen LogP contribution in [0.4, 0.5) is 5.69 Å². The van der Waals surface area contributed by atoms with Crippen molar-refractivity contribution < 1.29 is 33.7 Å². The fourth-order valence-corrected chi connectivity index (χ4v) is 3.31. The van der Waals surface area contributed by atoms with Crippen molar-refractivity contribution >= 4 is 46.9 Å². The van der Waals surface area contributed by atoms with E-state index in [0.717, 1.165) is 4.90 Å². The van der Waals surface area contributed by atoms with E-state index in [1.807, 2.05) is 0 Å². The van der Waals surface area contributed by atoms with Crippen LogP contribution in [-0.4, -0.2) is 41.9 Å². The number of ether oxygens (including phenoxy) is 3. The van der Waals surface area contributed by atoms with Gasteiger partial charge in [-0.3, -0.25) is 19.8 Å². The molecule has 0 bridgehead atoms. The maximum absolute atomic E-state index is 13.1. The second kappa shape index (κ2) is 7.48. The maximum Gasteiger partial charge on any atom is 0.335 e. The van der Waals surface area contributed by atoms with Gasteiger partial charge in [-0.2, -0.15) is 0 Å². The summed E-state index contributed by atoms with van der Waals surface area (Å²) in [7, 11) is 1.45. The third kappa shape index (κ3) is 3.33. The highest BCUT2D eigenvalue weighted by Gasteiger charge is 2.35. The van der Waals surface area contributed by atoms with Crippen molar-refractivity contribution in [2.24, 2.45) is 0 Å². The van der Waals surface area contributed by atoms with Crippen LogP contribution in [-0.2, 0) is 9.59 Å². The molecule has 0 unspecified atom stereocenters. The number of amides is 2. The van der Waals surface area contributed by atoms with Gasteiger partial charge in [0.15, 0.2) is 16.6 Å². The SMILES string of the molecule is COc1cc2c(cc1/C=C1\C(=O)NC(=S)N(c3ccc(C(=O)O)cc3)C1=O)OCO2. The fraction of sp³-hybridized carbons (Fsp3) is 0.100. The van der Waals surface area contributed by atoms with Gasteiger partial charge in [0.05, 0.1) is 18.4 Å². The van der Waals surface area contributed by atoms with Gasteiger partial charge in [-0.1, -0.05) is 0 Å². The van der Waals surface area contributed by atoms with E-state index < -0.39 is 17.8 Å². The molecule has 2 N–H and O–H groups in total. The van der Waals surface area contributed by atoms with E-state index in [1.165, 1.54) is 37.5 Å². The zero-order valence-electron chi connectivity index (χ0n) is 15.5. The number of aromatic carboxylic acids is 1. The normalized spacial score (nSPS) is 16.6. The molecule has 1 saturated heterocycles. The minimum Gasteiger partial charge on any atom is -0.496 e. The predicted molar refractivity (Wildman–Crippen MR) is 109 cm³/mol. The number of carboxylic acids is 1. The van der Waals surface area contributed by atoms with Gasteiger partial charge in [0.1, 0.15) is 11.3 Å². The number of methoxy groups -OCH3 is 1. The lowest BCUT2D eigenvalue weighted by Crippen LogP contribution is -2.54. The number of carboxylic acid groups (broad SMARTS) is 1. The second-order valence-corrected chi connectivity index (χ2v) is 6.64. The molecule has 0 spiro atoms. The smallest absolute Gasteiger partial charge is 0.335 e. The van der Waals surface area contributed by atoms with E-state index in [9.17, 15) is 14.4 Å². The average molecular weight is 426 g/mol. The van der Waals surface area contributed by atoms with E-state index in [0.29, 0.717) is 28.5 Å². The Morgan fingerprint density at radius 1 is 1.20 bits per heavy atom. The molecule has 0 saturated carbocycles. The Hall–Kier alpha value is -3.92. The first-order chi connectivity index (χ1) is 14.4. The number of hydrogen-bond donors (Lipinski definition) is 2. The number of thiocarbonyl (C=S) groups is 1. The molecular formula is C20H14N2O7S. The molecule has 0 aliphatic carbocycles. The molecule has 1 fully saturated rings. The zero-order valence-corrected chi connectivity index (χ0v) is 16.3. The standard InChI is InChI=1S/C20H14N2O7S/c1-27-14-8-16-15(28-9-29-16)7-11(14)6-13-17(23)21-20(30)22(18(13)24)12-4-2-10(3-5-12)19(25)26/h2-8H,9H2,1H3,(H,25,26)(H,21,23,30)/b13-6+. The minimum absolute atomic E-state index is 0.0547. The third-order valence-electron chi connectivity index (χ3n) is 4.50. The first kappa shape index (κ1) is 19.4. The molecule has 4 rings (SSSR count). The first-order valence-electron chi connectivity index (χ1n) is 8.61. The molecule has 2 heterocycles. The van der Waals surface area contributed by atoms with E-state index in [4.69, 9.17) is 31.5 Å². The van der Waals surface area contributed by atoms with Crippen LogP contribution in [0, 0.1) is 0 Å². The molecule has 152 valence electrons. The van der Waals surface area contributed by atoms with Crippen LogP contribution < -0.4 is 24.4 Å². The minimum atomic E-state index is -1.10. The van der Waals surface area contributed by atoms with E-state index in [1.54, 1.807) is 12.1 Å². The maximum atomic E-state index is 13.1. The number of nitrogens with zero attached hydrogens (tertiary/aromatic N) is 1. The number of carbonyl (C=O) groups excluding carboxylic acids is 2. The number of carbonyl (C=O) groups is 3. The summed E-state index contributed by atoms with van der Waals surface area (Å²) in [6.45, 7) is 0.0618. The van der Waals surface area contributed by atoms with Crippen LogP contribution >= 0.6 is 12.2 Å². The van der Waals surface area contributed by atoms with Crippen molar-refractivity contribution in [3.63, 3.8) is 0 Å². The number of anilines is 1. The Balaban J connectivity index is 1.73. The molecule has 2 amide bonds. The van der Waals surface area contributed by atoms with Gasteiger partial charge < -0.3 is 19.3 Å². The van der Waals surface area contributed by atoms with Crippen molar-refractivity contribution in [1.29, 1.82) is 0 Å². The highest BCUT2D eigenvalue weighted by atomic mass is 32.1. The van der Waals surface area contributed by atoms with Crippen LogP contribution in [0.1, 0.15) is 15.9 Å². The summed E-state index contributed by atoms with van der Waals surface area (Å²) < 4.78 is 16.0. The van der Waals surface area contributed by atoms with Gasteiger partial charge in [-0.25, -0.2) is 4.79 Å². The summed E-state index contributed by atoms with van der Waals surface area (Å²) >= 11 is 5.15. The number of nitrogens with one attached hydrogen (secondary N) is 1. The topological polar surface area (TPSA) is 114 Å². The quantitative estimate of drug-likeness (QED) is 0.433. The number of fused-ring (bicyclic) bond motifs is 1. The summed E-state index contributed by atoms with van der Waals surface area (Å²) in [5, 5.41) is 11.4. The molecule has 0 atom stereocenters. The molecule has 9 nitrogen and oxygen atoms in total. The Morgan fingerprint density at radius 3 is 2.50 bits per heavy atom. The molecular weight excluding hydrogens is 412 g/mol. The van der Waals surface area contributed by atoms with Crippen molar-refractivity contribution in [1.82, 2.24) is 5.32 Å². The van der Waals surface area contributed by atoms with Crippen LogP contribution in [0.2, 0.25) is 0 Å². The Bertz CT molecular complexity index is 1120. The van der Waals surface area contributed by atoms with Crippen LogP contribution in [0.25, 0.3) is 6.08 Å². The second-order valence-electron chi connectivity index (χ2n) is 6.26. The van der Waals surface area contributed by atoms with Gasteiger partial charge in [0.2, 0.25) is 6.79 Å². The first-order valence-corrected chi connectivity index (χ1v) is 9.02. The summed E-state index contributed by atoms with van der Waals surface area (Å²) in [6.07, 6.45) is 1.37. The summed E-state index contributed by atoms with van der Waals surface area (Å²) in [5.41, 5.74) is 0.634. The van der Waals surface area contributed by atoms with Crippen molar-refractivity contribution in [3.8, 4) is 17.2 Å². The van der Waals surface area contributed by atoms with E-state index in [2.05, 4.69) is 5.32 Å². The lowest BCUT2D eigenvalue weighted by molar-refractivity contribution is -0.122. The zero-order chi connectivity index (χ0) is 21.4. The lowest BCUT2D eigenvalue weighted by atomic mass is 10.1.